The fourth-order valence-electron chi connectivity index (χ4n) is 1.50. The van der Waals surface area contributed by atoms with E-state index in [0.29, 0.717) is 6.54 Å². The Balaban J connectivity index is 1.92. The predicted octanol–water partition coefficient (Wildman–Crippen LogP) is -0.562. The molecule has 0 aliphatic carbocycles. The summed E-state index contributed by atoms with van der Waals surface area (Å²) >= 11 is 0. The van der Waals surface area contributed by atoms with Crippen LogP contribution in [0, 0.1) is 0 Å². The lowest BCUT2D eigenvalue weighted by atomic mass is 10.3. The normalized spacial score (nSPS) is 23.6. The molecule has 0 radical (unpaired) electrons. The van der Waals surface area contributed by atoms with Crippen LogP contribution in [0.15, 0.2) is 12.4 Å². The fraction of sp³-hybridized carbons (Fsp3) is 0.625. The molecule has 5 heteroatoms. The van der Waals surface area contributed by atoms with Gasteiger partial charge < -0.3 is 5.11 Å². The first-order valence-electron chi connectivity index (χ1n) is 4.37. The SMILES string of the molecule is OC1CCN(Cc2nccnn2)C1. The van der Waals surface area contributed by atoms with Crippen LogP contribution in [0.4, 0.5) is 0 Å². The molecule has 0 aromatic carbocycles. The van der Waals surface area contributed by atoms with Gasteiger partial charge in [0.05, 0.1) is 18.8 Å². The predicted molar refractivity (Wildman–Crippen MR) is 45.7 cm³/mol. The molecule has 1 N–H and O–H groups in total. The number of likely N-dealkylation sites (tertiary alicyclic amines) is 1. The minimum absolute atomic E-state index is 0.184. The van der Waals surface area contributed by atoms with Crippen molar-refractivity contribution >= 4 is 0 Å². The van der Waals surface area contributed by atoms with E-state index in [1.807, 2.05) is 0 Å². The molecular weight excluding hydrogens is 168 g/mol. The number of hydrogen-bond acceptors (Lipinski definition) is 5. The zero-order valence-electron chi connectivity index (χ0n) is 7.30. The van der Waals surface area contributed by atoms with E-state index in [0.717, 1.165) is 25.3 Å². The Morgan fingerprint density at radius 2 is 2.46 bits per heavy atom. The molecule has 70 valence electrons. The Morgan fingerprint density at radius 3 is 3.08 bits per heavy atom. The summed E-state index contributed by atoms with van der Waals surface area (Å²) in [6, 6.07) is 0. The van der Waals surface area contributed by atoms with Crippen LogP contribution in [-0.4, -0.2) is 44.4 Å². The van der Waals surface area contributed by atoms with Gasteiger partial charge in [0.15, 0.2) is 5.82 Å². The molecule has 1 fully saturated rings. The van der Waals surface area contributed by atoms with E-state index in [9.17, 15) is 5.11 Å². The molecule has 0 amide bonds. The van der Waals surface area contributed by atoms with Gasteiger partial charge in [0.25, 0.3) is 0 Å². The summed E-state index contributed by atoms with van der Waals surface area (Å²) in [4.78, 5) is 6.20. The quantitative estimate of drug-likeness (QED) is 0.661. The largest absolute Gasteiger partial charge is 0.392 e. The Kier molecular flexibility index (Phi) is 2.47. The highest BCUT2D eigenvalue weighted by Gasteiger charge is 2.20. The Labute approximate surface area is 76.4 Å². The van der Waals surface area contributed by atoms with E-state index < -0.39 is 0 Å². The topological polar surface area (TPSA) is 62.1 Å². The number of aliphatic hydroxyl groups is 1. The van der Waals surface area contributed by atoms with Gasteiger partial charge in [-0.3, -0.25) is 4.90 Å². The highest BCUT2D eigenvalue weighted by molar-refractivity contribution is 4.84. The van der Waals surface area contributed by atoms with Crippen LogP contribution in [0.3, 0.4) is 0 Å². The second kappa shape index (κ2) is 3.76. The standard InChI is InChI=1S/C8H12N4O/c13-7-1-4-12(5-7)6-8-9-2-3-10-11-8/h2-3,7,13H,1,4-6H2. The van der Waals surface area contributed by atoms with Crippen molar-refractivity contribution in [3.63, 3.8) is 0 Å². The van der Waals surface area contributed by atoms with Gasteiger partial charge in [-0.25, -0.2) is 4.98 Å². The lowest BCUT2D eigenvalue weighted by Crippen LogP contribution is -2.22. The first-order chi connectivity index (χ1) is 6.34. The molecule has 1 unspecified atom stereocenters. The molecule has 1 aromatic heterocycles. The third kappa shape index (κ3) is 2.19. The van der Waals surface area contributed by atoms with Crippen LogP contribution >= 0.6 is 0 Å². The van der Waals surface area contributed by atoms with Crippen molar-refractivity contribution in [3.8, 4) is 0 Å². The molecule has 5 nitrogen and oxygen atoms in total. The lowest BCUT2D eigenvalue weighted by molar-refractivity contribution is 0.174. The van der Waals surface area contributed by atoms with Crippen molar-refractivity contribution in [2.24, 2.45) is 0 Å². The van der Waals surface area contributed by atoms with Gasteiger partial charge in [0.1, 0.15) is 0 Å². The third-order valence-electron chi connectivity index (χ3n) is 2.14. The summed E-state index contributed by atoms with van der Waals surface area (Å²) < 4.78 is 0. The van der Waals surface area contributed by atoms with Crippen molar-refractivity contribution in [3.05, 3.63) is 18.2 Å². The molecule has 2 rings (SSSR count). The zero-order chi connectivity index (χ0) is 9.10. The first-order valence-corrected chi connectivity index (χ1v) is 4.37. The minimum atomic E-state index is -0.184. The average molecular weight is 180 g/mol. The van der Waals surface area contributed by atoms with Crippen LogP contribution in [-0.2, 0) is 6.54 Å². The second-order valence-electron chi connectivity index (χ2n) is 3.24. The lowest BCUT2D eigenvalue weighted by Gasteiger charge is -2.12. The van der Waals surface area contributed by atoms with Gasteiger partial charge in [0.2, 0.25) is 0 Å². The van der Waals surface area contributed by atoms with Crippen molar-refractivity contribution in [1.82, 2.24) is 20.1 Å². The molecule has 0 saturated carbocycles. The third-order valence-corrected chi connectivity index (χ3v) is 2.14. The Bertz CT molecular complexity index is 266. The average Bonchev–Trinajstić information content (AvgIpc) is 2.53. The zero-order valence-corrected chi connectivity index (χ0v) is 7.30. The van der Waals surface area contributed by atoms with E-state index in [1.54, 1.807) is 12.4 Å². The number of aromatic nitrogens is 3. The van der Waals surface area contributed by atoms with Gasteiger partial charge >= 0.3 is 0 Å². The van der Waals surface area contributed by atoms with Crippen molar-refractivity contribution < 1.29 is 5.11 Å². The highest BCUT2D eigenvalue weighted by Crippen LogP contribution is 2.10. The Hall–Kier alpha value is -1.07. The molecule has 13 heavy (non-hydrogen) atoms. The van der Waals surface area contributed by atoms with E-state index >= 15 is 0 Å². The maximum atomic E-state index is 9.28. The highest BCUT2D eigenvalue weighted by atomic mass is 16.3. The molecule has 0 bridgehead atoms. The summed E-state index contributed by atoms with van der Waals surface area (Å²) in [5.74, 6) is 0.719. The molecular formula is C8H12N4O. The van der Waals surface area contributed by atoms with Gasteiger partial charge in [-0.2, -0.15) is 5.10 Å². The van der Waals surface area contributed by atoms with Crippen LogP contribution in [0.25, 0.3) is 0 Å². The summed E-state index contributed by atoms with van der Waals surface area (Å²) in [5.41, 5.74) is 0. The first kappa shape index (κ1) is 8.52. The van der Waals surface area contributed by atoms with E-state index in [2.05, 4.69) is 20.1 Å². The summed E-state index contributed by atoms with van der Waals surface area (Å²) in [6.07, 6.45) is 3.86. The van der Waals surface area contributed by atoms with Gasteiger partial charge in [-0.1, -0.05) is 0 Å². The van der Waals surface area contributed by atoms with Crippen molar-refractivity contribution in [2.45, 2.75) is 19.1 Å². The van der Waals surface area contributed by atoms with Gasteiger partial charge in [0, 0.05) is 19.3 Å². The monoisotopic (exact) mass is 180 g/mol. The van der Waals surface area contributed by atoms with Gasteiger partial charge in [-0.15, -0.1) is 5.10 Å². The molecule has 0 spiro atoms. The molecule has 1 aliphatic rings. The molecule has 2 heterocycles. The smallest absolute Gasteiger partial charge is 0.164 e. The number of hydrogen-bond donors (Lipinski definition) is 1. The van der Waals surface area contributed by atoms with Crippen molar-refractivity contribution in [2.75, 3.05) is 13.1 Å². The fourth-order valence-corrected chi connectivity index (χ4v) is 1.50. The van der Waals surface area contributed by atoms with Crippen LogP contribution in [0.1, 0.15) is 12.2 Å². The van der Waals surface area contributed by atoms with Crippen LogP contribution in [0.2, 0.25) is 0 Å². The summed E-state index contributed by atoms with van der Waals surface area (Å²) in [6.45, 7) is 2.32. The molecule has 1 aliphatic heterocycles. The van der Waals surface area contributed by atoms with Crippen molar-refractivity contribution in [1.29, 1.82) is 0 Å². The molecule has 1 saturated heterocycles. The van der Waals surface area contributed by atoms with Crippen LogP contribution < -0.4 is 0 Å². The van der Waals surface area contributed by atoms with E-state index in [1.165, 1.54) is 0 Å². The Morgan fingerprint density at radius 1 is 1.54 bits per heavy atom. The minimum Gasteiger partial charge on any atom is -0.392 e. The summed E-state index contributed by atoms with van der Waals surface area (Å²) in [7, 11) is 0. The number of nitrogens with zero attached hydrogens (tertiary/aromatic N) is 4. The summed E-state index contributed by atoms with van der Waals surface area (Å²) in [5, 5.41) is 16.9. The van der Waals surface area contributed by atoms with E-state index in [-0.39, 0.29) is 6.10 Å². The maximum Gasteiger partial charge on any atom is 0.164 e. The van der Waals surface area contributed by atoms with Crippen LogP contribution in [0.5, 0.6) is 0 Å². The molecule has 1 atom stereocenters. The molecule has 1 aromatic rings. The number of aliphatic hydroxyl groups excluding tert-OH is 1. The number of β-amino-alcohol motifs (C(OH)–C–C–N with tert-alkyl or cyclic N) is 1. The van der Waals surface area contributed by atoms with E-state index in [4.69, 9.17) is 0 Å². The number of rotatable bonds is 2. The second-order valence-corrected chi connectivity index (χ2v) is 3.24. The van der Waals surface area contributed by atoms with Gasteiger partial charge in [-0.05, 0) is 6.42 Å². The maximum absolute atomic E-state index is 9.28.